The molecule has 0 spiro atoms. The minimum absolute atomic E-state index is 0.0232. The zero-order valence-corrected chi connectivity index (χ0v) is 9.89. The van der Waals surface area contributed by atoms with Crippen LogP contribution in [0.2, 0.25) is 0 Å². The smallest absolute Gasteiger partial charge is 0.227 e. The van der Waals surface area contributed by atoms with Gasteiger partial charge in [0.2, 0.25) is 5.91 Å². The Morgan fingerprint density at radius 1 is 1.67 bits per heavy atom. The minimum atomic E-state index is 0.0232. The predicted octanol–water partition coefficient (Wildman–Crippen LogP) is 0.548. The third-order valence-corrected chi connectivity index (χ3v) is 2.78. The lowest BCUT2D eigenvalue weighted by atomic mass is 10.0. The van der Waals surface area contributed by atoms with E-state index in [9.17, 15) is 4.79 Å². The van der Waals surface area contributed by atoms with E-state index in [2.05, 4.69) is 0 Å². The SMILES string of the molecule is CN(CCC(N)=S)C(=O)C1CCCOC1. The topological polar surface area (TPSA) is 55.6 Å². The van der Waals surface area contributed by atoms with Gasteiger partial charge in [-0.25, -0.2) is 0 Å². The van der Waals surface area contributed by atoms with Crippen LogP contribution in [-0.4, -0.2) is 42.6 Å². The number of carbonyl (C=O) groups is 1. The summed E-state index contributed by atoms with van der Waals surface area (Å²) in [5.41, 5.74) is 5.39. The molecule has 1 rings (SSSR count). The molecule has 86 valence electrons. The Morgan fingerprint density at radius 2 is 2.40 bits per heavy atom. The lowest BCUT2D eigenvalue weighted by Gasteiger charge is -2.26. The van der Waals surface area contributed by atoms with Gasteiger partial charge in [-0.15, -0.1) is 0 Å². The fourth-order valence-corrected chi connectivity index (χ4v) is 1.73. The average molecular weight is 230 g/mol. The summed E-state index contributed by atoms with van der Waals surface area (Å²) < 4.78 is 5.28. The summed E-state index contributed by atoms with van der Waals surface area (Å²) in [4.78, 5) is 14.0. The van der Waals surface area contributed by atoms with E-state index in [-0.39, 0.29) is 11.8 Å². The van der Waals surface area contributed by atoms with Crippen molar-refractivity contribution in [2.45, 2.75) is 19.3 Å². The Kier molecular flexibility index (Phi) is 4.98. The van der Waals surface area contributed by atoms with Gasteiger partial charge in [-0.2, -0.15) is 0 Å². The maximum Gasteiger partial charge on any atom is 0.227 e. The highest BCUT2D eigenvalue weighted by Crippen LogP contribution is 2.15. The van der Waals surface area contributed by atoms with Crippen LogP contribution in [0.5, 0.6) is 0 Å². The van der Waals surface area contributed by atoms with Crippen LogP contribution in [-0.2, 0) is 9.53 Å². The summed E-state index contributed by atoms with van der Waals surface area (Å²) in [6.07, 6.45) is 2.49. The quantitative estimate of drug-likeness (QED) is 0.717. The maximum absolute atomic E-state index is 11.9. The van der Waals surface area contributed by atoms with Gasteiger partial charge in [0.15, 0.2) is 0 Å². The molecule has 15 heavy (non-hydrogen) atoms. The summed E-state index contributed by atoms with van der Waals surface area (Å²) in [6, 6.07) is 0. The lowest BCUT2D eigenvalue weighted by molar-refractivity contribution is -0.138. The first kappa shape index (κ1) is 12.4. The van der Waals surface area contributed by atoms with Crippen LogP contribution in [0.15, 0.2) is 0 Å². The Bertz CT molecular complexity index is 240. The minimum Gasteiger partial charge on any atom is -0.393 e. The molecule has 1 heterocycles. The van der Waals surface area contributed by atoms with E-state index >= 15 is 0 Å². The third-order valence-electron chi connectivity index (χ3n) is 2.58. The van der Waals surface area contributed by atoms with Crippen molar-refractivity contribution in [1.29, 1.82) is 0 Å². The zero-order chi connectivity index (χ0) is 11.3. The summed E-state index contributed by atoms with van der Waals surface area (Å²) in [6.45, 7) is 1.93. The van der Waals surface area contributed by atoms with Crippen molar-refractivity contribution in [3.63, 3.8) is 0 Å². The molecule has 0 radical (unpaired) electrons. The number of nitrogens with zero attached hydrogens (tertiary/aromatic N) is 1. The Hall–Kier alpha value is -0.680. The number of thiocarbonyl (C=S) groups is 1. The maximum atomic E-state index is 11.9. The van der Waals surface area contributed by atoms with E-state index in [1.165, 1.54) is 0 Å². The molecule has 2 N–H and O–H groups in total. The van der Waals surface area contributed by atoms with Gasteiger partial charge in [-0.05, 0) is 12.8 Å². The molecule has 0 aromatic carbocycles. The van der Waals surface area contributed by atoms with Crippen molar-refractivity contribution in [2.75, 3.05) is 26.8 Å². The van der Waals surface area contributed by atoms with Crippen molar-refractivity contribution in [1.82, 2.24) is 4.90 Å². The molecule has 1 atom stereocenters. The van der Waals surface area contributed by atoms with Crippen molar-refractivity contribution in [3.05, 3.63) is 0 Å². The molecular weight excluding hydrogens is 212 g/mol. The molecule has 0 bridgehead atoms. The highest BCUT2D eigenvalue weighted by atomic mass is 32.1. The van der Waals surface area contributed by atoms with Gasteiger partial charge in [-0.1, -0.05) is 12.2 Å². The first-order valence-corrected chi connectivity index (χ1v) is 5.63. The molecule has 1 aliphatic heterocycles. The van der Waals surface area contributed by atoms with Crippen LogP contribution >= 0.6 is 12.2 Å². The molecule has 1 aliphatic rings. The summed E-state index contributed by atoms with van der Waals surface area (Å²) in [7, 11) is 1.79. The van der Waals surface area contributed by atoms with Crippen LogP contribution < -0.4 is 5.73 Å². The first-order chi connectivity index (χ1) is 7.11. The fourth-order valence-electron chi connectivity index (χ4n) is 1.64. The molecule has 1 amide bonds. The highest BCUT2D eigenvalue weighted by Gasteiger charge is 2.24. The van der Waals surface area contributed by atoms with Crippen LogP contribution in [0.3, 0.4) is 0 Å². The number of hydrogen-bond donors (Lipinski definition) is 1. The van der Waals surface area contributed by atoms with Crippen molar-refractivity contribution < 1.29 is 9.53 Å². The van der Waals surface area contributed by atoms with E-state index in [0.717, 1.165) is 19.4 Å². The van der Waals surface area contributed by atoms with Crippen LogP contribution in [0.4, 0.5) is 0 Å². The van der Waals surface area contributed by atoms with Gasteiger partial charge in [0.25, 0.3) is 0 Å². The normalized spacial score (nSPS) is 21.0. The lowest BCUT2D eigenvalue weighted by Crippen LogP contribution is -2.38. The number of ether oxygens (including phenoxy) is 1. The molecule has 1 fully saturated rings. The van der Waals surface area contributed by atoms with Crippen LogP contribution in [0, 0.1) is 5.92 Å². The zero-order valence-electron chi connectivity index (χ0n) is 9.07. The summed E-state index contributed by atoms with van der Waals surface area (Å²) in [5.74, 6) is 0.168. The standard InChI is InChI=1S/C10H18N2O2S/c1-12(5-4-9(11)15)10(13)8-3-2-6-14-7-8/h8H,2-7H2,1H3,(H2,11,15). The average Bonchev–Trinajstić information content (AvgIpc) is 2.26. The van der Waals surface area contributed by atoms with Gasteiger partial charge in [0, 0.05) is 26.6 Å². The molecule has 5 heteroatoms. The second-order valence-electron chi connectivity index (χ2n) is 3.89. The summed E-state index contributed by atoms with van der Waals surface area (Å²) >= 11 is 4.77. The molecule has 0 saturated carbocycles. The van der Waals surface area contributed by atoms with Crippen LogP contribution in [0.25, 0.3) is 0 Å². The second-order valence-corrected chi connectivity index (χ2v) is 4.41. The molecule has 4 nitrogen and oxygen atoms in total. The molecule has 1 saturated heterocycles. The van der Waals surface area contributed by atoms with Gasteiger partial charge in [0.1, 0.15) is 0 Å². The number of hydrogen-bond acceptors (Lipinski definition) is 3. The van der Waals surface area contributed by atoms with E-state index in [1.807, 2.05) is 0 Å². The predicted molar refractivity (Wildman–Crippen MR) is 62.6 cm³/mol. The second kappa shape index (κ2) is 6.02. The number of amides is 1. The van der Waals surface area contributed by atoms with Gasteiger partial charge in [0.05, 0.1) is 17.5 Å². The molecule has 0 aliphatic carbocycles. The van der Waals surface area contributed by atoms with E-state index in [0.29, 0.717) is 24.6 Å². The number of nitrogens with two attached hydrogens (primary N) is 1. The van der Waals surface area contributed by atoms with E-state index in [4.69, 9.17) is 22.7 Å². The highest BCUT2D eigenvalue weighted by molar-refractivity contribution is 7.80. The van der Waals surface area contributed by atoms with Gasteiger partial charge in [-0.3, -0.25) is 4.79 Å². The largest absolute Gasteiger partial charge is 0.393 e. The van der Waals surface area contributed by atoms with Crippen molar-refractivity contribution in [3.8, 4) is 0 Å². The van der Waals surface area contributed by atoms with Gasteiger partial charge < -0.3 is 15.4 Å². The first-order valence-electron chi connectivity index (χ1n) is 5.22. The van der Waals surface area contributed by atoms with Gasteiger partial charge >= 0.3 is 0 Å². The molecule has 0 aromatic rings. The molecule has 1 unspecified atom stereocenters. The Balaban J connectivity index is 2.33. The number of carbonyl (C=O) groups excluding carboxylic acids is 1. The molecule has 0 aromatic heterocycles. The van der Waals surface area contributed by atoms with E-state index < -0.39 is 0 Å². The van der Waals surface area contributed by atoms with Crippen molar-refractivity contribution in [2.24, 2.45) is 11.7 Å². The monoisotopic (exact) mass is 230 g/mol. The summed E-state index contributed by atoms with van der Waals surface area (Å²) in [5, 5.41) is 0. The van der Waals surface area contributed by atoms with Crippen LogP contribution in [0.1, 0.15) is 19.3 Å². The number of rotatable bonds is 4. The van der Waals surface area contributed by atoms with E-state index in [1.54, 1.807) is 11.9 Å². The Labute approximate surface area is 95.8 Å². The fraction of sp³-hybridized carbons (Fsp3) is 0.800. The third kappa shape index (κ3) is 4.13. The molecular formula is C10H18N2O2S. The van der Waals surface area contributed by atoms with Crippen molar-refractivity contribution >= 4 is 23.1 Å². The Morgan fingerprint density at radius 3 is 2.93 bits per heavy atom.